The SMILES string of the molecule is CCC(=O)Nc1ccc(Nc2cccc(C)c2C)nn1. The molecule has 0 atom stereocenters. The van der Waals surface area contributed by atoms with Crippen LogP contribution >= 0.6 is 0 Å². The zero-order valence-electron chi connectivity index (χ0n) is 11.9. The predicted molar refractivity (Wildman–Crippen MR) is 80.2 cm³/mol. The zero-order valence-corrected chi connectivity index (χ0v) is 11.9. The maximum Gasteiger partial charge on any atom is 0.225 e. The number of amides is 1. The number of nitrogens with one attached hydrogen (secondary N) is 2. The minimum absolute atomic E-state index is 0.0745. The van der Waals surface area contributed by atoms with E-state index in [1.807, 2.05) is 12.1 Å². The summed E-state index contributed by atoms with van der Waals surface area (Å²) in [4.78, 5) is 11.2. The summed E-state index contributed by atoms with van der Waals surface area (Å²) in [5.74, 6) is 1.03. The van der Waals surface area contributed by atoms with Crippen molar-refractivity contribution in [1.29, 1.82) is 0 Å². The van der Waals surface area contributed by atoms with Gasteiger partial charge >= 0.3 is 0 Å². The van der Waals surface area contributed by atoms with E-state index in [4.69, 9.17) is 0 Å². The summed E-state index contributed by atoms with van der Waals surface area (Å²) in [6.45, 7) is 5.91. The number of aryl methyl sites for hydroxylation is 1. The van der Waals surface area contributed by atoms with Gasteiger partial charge in [0.15, 0.2) is 11.6 Å². The molecule has 1 aromatic carbocycles. The number of hydrogen-bond donors (Lipinski definition) is 2. The molecule has 1 aromatic heterocycles. The highest BCUT2D eigenvalue weighted by atomic mass is 16.1. The average molecular weight is 270 g/mol. The molecule has 0 saturated heterocycles. The van der Waals surface area contributed by atoms with Crippen molar-refractivity contribution in [3.05, 3.63) is 41.5 Å². The van der Waals surface area contributed by atoms with Crippen LogP contribution in [-0.2, 0) is 4.79 Å². The van der Waals surface area contributed by atoms with E-state index in [0.717, 1.165) is 5.69 Å². The van der Waals surface area contributed by atoms with Crippen LogP contribution in [0, 0.1) is 13.8 Å². The molecule has 2 aromatic rings. The summed E-state index contributed by atoms with van der Waals surface area (Å²) in [5, 5.41) is 13.9. The lowest BCUT2D eigenvalue weighted by atomic mass is 10.1. The first-order valence-electron chi connectivity index (χ1n) is 6.57. The number of anilines is 3. The standard InChI is InChI=1S/C15H18N4O/c1-4-15(20)17-14-9-8-13(18-19-14)16-12-7-5-6-10(2)11(12)3/h5-9H,4H2,1-3H3,(H,16,18)(H,17,19,20). The molecule has 104 valence electrons. The minimum atomic E-state index is -0.0745. The molecule has 0 unspecified atom stereocenters. The Morgan fingerprint density at radius 1 is 1.10 bits per heavy atom. The molecule has 20 heavy (non-hydrogen) atoms. The first-order chi connectivity index (χ1) is 9.60. The minimum Gasteiger partial charge on any atom is -0.339 e. The van der Waals surface area contributed by atoms with Gasteiger partial charge in [-0.3, -0.25) is 4.79 Å². The van der Waals surface area contributed by atoms with Gasteiger partial charge in [0.05, 0.1) is 0 Å². The third kappa shape index (κ3) is 3.32. The van der Waals surface area contributed by atoms with Crippen molar-refractivity contribution in [1.82, 2.24) is 10.2 Å². The van der Waals surface area contributed by atoms with E-state index >= 15 is 0 Å². The van der Waals surface area contributed by atoms with Gasteiger partial charge in [-0.05, 0) is 43.2 Å². The highest BCUT2D eigenvalue weighted by Gasteiger charge is 2.04. The van der Waals surface area contributed by atoms with Gasteiger partial charge in [0.2, 0.25) is 5.91 Å². The van der Waals surface area contributed by atoms with Gasteiger partial charge < -0.3 is 10.6 Å². The van der Waals surface area contributed by atoms with E-state index in [0.29, 0.717) is 18.1 Å². The van der Waals surface area contributed by atoms with Crippen LogP contribution in [0.4, 0.5) is 17.3 Å². The lowest BCUT2D eigenvalue weighted by molar-refractivity contribution is -0.115. The van der Waals surface area contributed by atoms with Crippen LogP contribution < -0.4 is 10.6 Å². The van der Waals surface area contributed by atoms with Gasteiger partial charge in [-0.15, -0.1) is 10.2 Å². The van der Waals surface area contributed by atoms with Crippen LogP contribution in [0.25, 0.3) is 0 Å². The van der Waals surface area contributed by atoms with Gasteiger partial charge in [-0.2, -0.15) is 0 Å². The third-order valence-electron chi connectivity index (χ3n) is 3.12. The summed E-state index contributed by atoms with van der Waals surface area (Å²) in [6.07, 6.45) is 0.421. The van der Waals surface area contributed by atoms with Crippen molar-refractivity contribution in [3.63, 3.8) is 0 Å². The molecular weight excluding hydrogens is 252 g/mol. The maximum absolute atomic E-state index is 11.2. The fourth-order valence-electron chi connectivity index (χ4n) is 1.72. The number of nitrogens with zero attached hydrogens (tertiary/aromatic N) is 2. The Morgan fingerprint density at radius 3 is 2.45 bits per heavy atom. The topological polar surface area (TPSA) is 66.9 Å². The molecule has 5 heteroatoms. The van der Waals surface area contributed by atoms with E-state index in [1.54, 1.807) is 19.1 Å². The molecule has 5 nitrogen and oxygen atoms in total. The molecule has 0 bridgehead atoms. The molecular formula is C15H18N4O. The first-order valence-corrected chi connectivity index (χ1v) is 6.57. The normalized spacial score (nSPS) is 10.2. The number of benzene rings is 1. The van der Waals surface area contributed by atoms with E-state index in [-0.39, 0.29) is 5.91 Å². The second-order valence-electron chi connectivity index (χ2n) is 4.58. The number of carbonyl (C=O) groups excluding carboxylic acids is 1. The van der Waals surface area contributed by atoms with E-state index in [2.05, 4.69) is 40.7 Å². The number of hydrogen-bond acceptors (Lipinski definition) is 4. The van der Waals surface area contributed by atoms with Crippen LogP contribution in [0.15, 0.2) is 30.3 Å². The van der Waals surface area contributed by atoms with Crippen LogP contribution in [0.1, 0.15) is 24.5 Å². The molecule has 0 radical (unpaired) electrons. The molecule has 1 heterocycles. The molecule has 0 saturated carbocycles. The second kappa shape index (κ2) is 6.14. The highest BCUT2D eigenvalue weighted by molar-refractivity contribution is 5.89. The van der Waals surface area contributed by atoms with Gasteiger partial charge in [0.1, 0.15) is 0 Å². The molecule has 2 rings (SSSR count). The molecule has 0 fully saturated rings. The fraction of sp³-hybridized carbons (Fsp3) is 0.267. The number of carbonyl (C=O) groups is 1. The molecule has 0 aliphatic rings. The first kappa shape index (κ1) is 14.0. The van der Waals surface area contributed by atoms with Gasteiger partial charge in [-0.1, -0.05) is 19.1 Å². The zero-order chi connectivity index (χ0) is 14.5. The van der Waals surface area contributed by atoms with Crippen molar-refractivity contribution in [2.45, 2.75) is 27.2 Å². The molecule has 2 N–H and O–H groups in total. The Kier molecular flexibility index (Phi) is 4.30. The summed E-state index contributed by atoms with van der Waals surface area (Å²) >= 11 is 0. The van der Waals surface area contributed by atoms with Crippen molar-refractivity contribution in [2.75, 3.05) is 10.6 Å². The predicted octanol–water partition coefficient (Wildman–Crippen LogP) is 3.19. The molecule has 0 spiro atoms. The second-order valence-corrected chi connectivity index (χ2v) is 4.58. The average Bonchev–Trinajstić information content (AvgIpc) is 2.46. The van der Waals surface area contributed by atoms with Crippen molar-refractivity contribution in [3.8, 4) is 0 Å². The summed E-state index contributed by atoms with van der Waals surface area (Å²) in [6, 6.07) is 9.58. The molecule has 0 aliphatic heterocycles. The maximum atomic E-state index is 11.2. The van der Waals surface area contributed by atoms with Crippen molar-refractivity contribution >= 4 is 23.2 Å². The third-order valence-corrected chi connectivity index (χ3v) is 3.12. The van der Waals surface area contributed by atoms with Crippen LogP contribution in [-0.4, -0.2) is 16.1 Å². The quantitative estimate of drug-likeness (QED) is 0.895. The fourth-order valence-corrected chi connectivity index (χ4v) is 1.72. The van der Waals surface area contributed by atoms with Gasteiger partial charge in [0, 0.05) is 12.1 Å². The van der Waals surface area contributed by atoms with Gasteiger partial charge in [-0.25, -0.2) is 0 Å². The number of rotatable bonds is 4. The summed E-state index contributed by atoms with van der Waals surface area (Å²) in [5.41, 5.74) is 3.40. The van der Waals surface area contributed by atoms with Gasteiger partial charge in [0.25, 0.3) is 0 Å². The highest BCUT2D eigenvalue weighted by Crippen LogP contribution is 2.21. The Labute approximate surface area is 118 Å². The van der Waals surface area contributed by atoms with Crippen LogP contribution in [0.2, 0.25) is 0 Å². The smallest absolute Gasteiger partial charge is 0.225 e. The van der Waals surface area contributed by atoms with Crippen LogP contribution in [0.3, 0.4) is 0 Å². The van der Waals surface area contributed by atoms with Crippen LogP contribution in [0.5, 0.6) is 0 Å². The Balaban J connectivity index is 2.11. The molecule has 1 amide bonds. The Hall–Kier alpha value is -2.43. The lowest BCUT2D eigenvalue weighted by Crippen LogP contribution is -2.11. The molecule has 0 aliphatic carbocycles. The van der Waals surface area contributed by atoms with E-state index in [1.165, 1.54) is 11.1 Å². The van der Waals surface area contributed by atoms with Crippen molar-refractivity contribution in [2.24, 2.45) is 0 Å². The Bertz CT molecular complexity index is 608. The van der Waals surface area contributed by atoms with E-state index in [9.17, 15) is 4.79 Å². The largest absolute Gasteiger partial charge is 0.339 e. The van der Waals surface area contributed by atoms with E-state index < -0.39 is 0 Å². The number of aromatic nitrogens is 2. The summed E-state index contributed by atoms with van der Waals surface area (Å²) in [7, 11) is 0. The van der Waals surface area contributed by atoms with Crippen molar-refractivity contribution < 1.29 is 4.79 Å². The lowest BCUT2D eigenvalue weighted by Gasteiger charge is -2.10. The summed E-state index contributed by atoms with van der Waals surface area (Å²) < 4.78 is 0. The monoisotopic (exact) mass is 270 g/mol. The Morgan fingerprint density at radius 2 is 1.80 bits per heavy atom.